The van der Waals surface area contributed by atoms with E-state index in [0.717, 1.165) is 12.8 Å². The molecule has 17 heavy (non-hydrogen) atoms. The van der Waals surface area contributed by atoms with Crippen molar-refractivity contribution in [3.05, 3.63) is 0 Å². The van der Waals surface area contributed by atoms with E-state index in [-0.39, 0.29) is 10.8 Å². The maximum absolute atomic E-state index is 11.6. The Morgan fingerprint density at radius 1 is 1.41 bits per heavy atom. The normalized spacial score (nSPS) is 35.1. The Kier molecular flexibility index (Phi) is 3.67. The van der Waals surface area contributed by atoms with E-state index >= 15 is 0 Å². The zero-order valence-corrected chi connectivity index (χ0v) is 11.0. The van der Waals surface area contributed by atoms with Crippen LogP contribution in [-0.4, -0.2) is 28.1 Å². The molecule has 0 aromatic rings. The third-order valence-electron chi connectivity index (χ3n) is 4.84. The number of Topliss-reactive ketones (excluding diaryl/α,β-unsaturated/α-hetero) is 1. The van der Waals surface area contributed by atoms with Crippen LogP contribution >= 0.6 is 0 Å². The van der Waals surface area contributed by atoms with Gasteiger partial charge in [0.2, 0.25) is 0 Å². The molecule has 0 amide bonds. The average molecular weight is 242 g/mol. The number of fused-ring (bicyclic) bond motifs is 2. The summed E-state index contributed by atoms with van der Waals surface area (Å²) in [5.74, 6) is 0.00810. The molecule has 0 saturated heterocycles. The van der Waals surface area contributed by atoms with E-state index in [1.165, 1.54) is 13.3 Å². The van der Waals surface area contributed by atoms with Crippen LogP contribution < -0.4 is 0 Å². The molecule has 4 heteroatoms. The van der Waals surface area contributed by atoms with Crippen molar-refractivity contribution >= 4 is 11.8 Å². The first-order valence-corrected chi connectivity index (χ1v) is 6.07. The molecule has 2 saturated carbocycles. The van der Waals surface area contributed by atoms with E-state index in [4.69, 9.17) is 10.2 Å². The smallest absolute Gasteiger partial charge is 0.332 e. The van der Waals surface area contributed by atoms with Gasteiger partial charge in [-0.3, -0.25) is 4.79 Å². The molecule has 0 aromatic heterocycles. The van der Waals surface area contributed by atoms with Crippen molar-refractivity contribution in [2.45, 2.75) is 53.1 Å². The van der Waals surface area contributed by atoms with Crippen molar-refractivity contribution in [1.82, 2.24) is 0 Å². The van der Waals surface area contributed by atoms with Crippen LogP contribution in [0.15, 0.2) is 0 Å². The summed E-state index contributed by atoms with van der Waals surface area (Å²) in [6.07, 6.45) is 2.02. The van der Waals surface area contributed by atoms with Gasteiger partial charge in [0.1, 0.15) is 11.9 Å². The highest BCUT2D eigenvalue weighted by Gasteiger charge is 2.61. The Morgan fingerprint density at radius 2 is 1.88 bits per heavy atom. The molecular formula is C13H22O4. The van der Waals surface area contributed by atoms with E-state index in [0.29, 0.717) is 11.7 Å². The number of ketones is 1. The second-order valence-electron chi connectivity index (χ2n) is 5.93. The lowest BCUT2D eigenvalue weighted by Gasteiger charge is -2.32. The Hall–Kier alpha value is -0.900. The number of carbonyl (C=O) groups is 2. The molecule has 2 fully saturated rings. The predicted octanol–water partition coefficient (Wildman–Crippen LogP) is 1.85. The number of rotatable bonds is 1. The zero-order valence-electron chi connectivity index (χ0n) is 11.0. The van der Waals surface area contributed by atoms with Crippen LogP contribution in [0, 0.1) is 16.7 Å². The molecule has 2 bridgehead atoms. The van der Waals surface area contributed by atoms with Gasteiger partial charge in [0.25, 0.3) is 0 Å². The Morgan fingerprint density at radius 3 is 2.00 bits per heavy atom. The quantitative estimate of drug-likeness (QED) is 0.736. The molecule has 98 valence electrons. The largest absolute Gasteiger partial charge is 0.479 e. The molecule has 0 radical (unpaired) electrons. The van der Waals surface area contributed by atoms with Crippen molar-refractivity contribution in [2.24, 2.45) is 16.7 Å². The molecule has 2 N–H and O–H groups in total. The first-order chi connectivity index (χ1) is 7.63. The van der Waals surface area contributed by atoms with Crippen molar-refractivity contribution in [3.8, 4) is 0 Å². The van der Waals surface area contributed by atoms with Gasteiger partial charge in [0.05, 0.1) is 0 Å². The molecular weight excluding hydrogens is 220 g/mol. The molecule has 0 heterocycles. The van der Waals surface area contributed by atoms with Crippen molar-refractivity contribution < 1.29 is 19.8 Å². The fourth-order valence-corrected chi connectivity index (χ4v) is 2.90. The first kappa shape index (κ1) is 14.2. The van der Waals surface area contributed by atoms with Gasteiger partial charge in [-0.25, -0.2) is 4.79 Å². The van der Waals surface area contributed by atoms with Crippen LogP contribution in [0.25, 0.3) is 0 Å². The topological polar surface area (TPSA) is 74.6 Å². The highest BCUT2D eigenvalue weighted by atomic mass is 16.4. The summed E-state index contributed by atoms with van der Waals surface area (Å²) >= 11 is 0. The maximum atomic E-state index is 11.6. The number of aliphatic hydroxyl groups is 1. The van der Waals surface area contributed by atoms with Crippen LogP contribution in [0.3, 0.4) is 0 Å². The van der Waals surface area contributed by atoms with E-state index in [1.807, 2.05) is 0 Å². The third kappa shape index (κ3) is 2.23. The summed E-state index contributed by atoms with van der Waals surface area (Å²) in [6, 6.07) is 0. The van der Waals surface area contributed by atoms with Crippen molar-refractivity contribution in [1.29, 1.82) is 0 Å². The summed E-state index contributed by atoms with van der Waals surface area (Å²) in [5, 5.41) is 15.8. The zero-order chi connectivity index (χ0) is 13.4. The second kappa shape index (κ2) is 4.41. The monoisotopic (exact) mass is 242 g/mol. The number of aliphatic hydroxyl groups excluding tert-OH is 1. The van der Waals surface area contributed by atoms with Crippen LogP contribution in [0.2, 0.25) is 0 Å². The SMILES string of the molecule is CC(O)C(=O)O.CC12CCC(CC1=O)C2(C)C. The standard InChI is InChI=1S/C10H16O.C3H6O3/c1-9(2)7-4-5-10(9,3)8(11)6-7;1-2(4)3(5)6/h7H,4-6H2,1-3H3;2,4H,1H3,(H,5,6). The van der Waals surface area contributed by atoms with Crippen LogP contribution in [0.1, 0.15) is 47.0 Å². The summed E-state index contributed by atoms with van der Waals surface area (Å²) in [6.45, 7) is 7.87. The van der Waals surface area contributed by atoms with Crippen LogP contribution in [0.4, 0.5) is 0 Å². The highest BCUT2D eigenvalue weighted by molar-refractivity contribution is 5.89. The first-order valence-electron chi connectivity index (χ1n) is 6.07. The molecule has 2 aliphatic carbocycles. The molecule has 2 aliphatic rings. The number of carboxylic acid groups (broad SMARTS) is 1. The maximum Gasteiger partial charge on any atom is 0.332 e. The molecule has 3 unspecified atom stereocenters. The summed E-state index contributed by atoms with van der Waals surface area (Å²) in [7, 11) is 0. The molecule has 3 atom stereocenters. The minimum atomic E-state index is -1.23. The van der Waals surface area contributed by atoms with Gasteiger partial charge in [0, 0.05) is 11.8 Å². The Labute approximate surface area is 102 Å². The number of carbonyl (C=O) groups excluding carboxylic acids is 1. The van der Waals surface area contributed by atoms with Crippen LogP contribution in [0.5, 0.6) is 0 Å². The lowest BCUT2D eigenvalue weighted by atomic mass is 9.70. The van der Waals surface area contributed by atoms with E-state index < -0.39 is 12.1 Å². The number of aliphatic carboxylic acids is 1. The van der Waals surface area contributed by atoms with Gasteiger partial charge < -0.3 is 10.2 Å². The predicted molar refractivity (Wildman–Crippen MR) is 63.6 cm³/mol. The molecule has 0 aromatic carbocycles. The van der Waals surface area contributed by atoms with E-state index in [9.17, 15) is 9.59 Å². The number of carboxylic acids is 1. The minimum absolute atomic E-state index is 0.0255. The van der Waals surface area contributed by atoms with Gasteiger partial charge in [0.15, 0.2) is 0 Å². The molecule has 2 rings (SSSR count). The Bertz CT molecular complexity index is 332. The van der Waals surface area contributed by atoms with E-state index in [1.54, 1.807) is 0 Å². The average Bonchev–Trinajstić information content (AvgIpc) is 2.51. The fraction of sp³-hybridized carbons (Fsp3) is 0.846. The lowest BCUT2D eigenvalue weighted by molar-refractivity contribution is -0.145. The molecule has 0 spiro atoms. The van der Waals surface area contributed by atoms with Gasteiger partial charge in [-0.05, 0) is 31.1 Å². The van der Waals surface area contributed by atoms with Gasteiger partial charge in [-0.1, -0.05) is 20.8 Å². The van der Waals surface area contributed by atoms with E-state index in [2.05, 4.69) is 20.8 Å². The third-order valence-corrected chi connectivity index (χ3v) is 4.84. The minimum Gasteiger partial charge on any atom is -0.479 e. The molecule has 4 nitrogen and oxygen atoms in total. The summed E-state index contributed by atoms with van der Waals surface area (Å²) in [4.78, 5) is 21.0. The van der Waals surface area contributed by atoms with Crippen molar-refractivity contribution in [3.63, 3.8) is 0 Å². The Balaban J connectivity index is 0.000000209. The van der Waals surface area contributed by atoms with Gasteiger partial charge in [-0.2, -0.15) is 0 Å². The fourth-order valence-electron chi connectivity index (χ4n) is 2.90. The second-order valence-corrected chi connectivity index (χ2v) is 5.93. The lowest BCUT2D eigenvalue weighted by Crippen LogP contribution is -2.32. The van der Waals surface area contributed by atoms with Gasteiger partial charge >= 0.3 is 5.97 Å². The van der Waals surface area contributed by atoms with Crippen molar-refractivity contribution in [2.75, 3.05) is 0 Å². The molecule has 0 aliphatic heterocycles. The summed E-state index contributed by atoms with van der Waals surface area (Å²) < 4.78 is 0. The number of hydrogen-bond acceptors (Lipinski definition) is 3. The highest BCUT2D eigenvalue weighted by Crippen LogP contribution is 2.63. The number of hydrogen-bond donors (Lipinski definition) is 2. The summed E-state index contributed by atoms with van der Waals surface area (Å²) in [5.41, 5.74) is 0.307. The van der Waals surface area contributed by atoms with Gasteiger partial charge in [-0.15, -0.1) is 0 Å². The van der Waals surface area contributed by atoms with Crippen LogP contribution in [-0.2, 0) is 9.59 Å².